The van der Waals surface area contributed by atoms with E-state index in [1.807, 2.05) is 11.7 Å². The van der Waals surface area contributed by atoms with Crippen molar-refractivity contribution in [3.63, 3.8) is 0 Å². The molecule has 0 bridgehead atoms. The Labute approximate surface area is 74.8 Å². The van der Waals surface area contributed by atoms with Crippen molar-refractivity contribution >= 4 is 22.6 Å². The van der Waals surface area contributed by atoms with Crippen LogP contribution < -0.4 is 0 Å². The minimum Gasteiger partial charge on any atom is -0.273 e. The highest BCUT2D eigenvalue weighted by Gasteiger charge is 2.04. The first kappa shape index (κ1) is 8.04. The van der Waals surface area contributed by atoms with Gasteiger partial charge in [-0.15, -0.1) is 0 Å². The summed E-state index contributed by atoms with van der Waals surface area (Å²) in [4.78, 5) is 0. The molecule has 0 spiro atoms. The van der Waals surface area contributed by atoms with Gasteiger partial charge in [0.05, 0.1) is 9.62 Å². The minimum atomic E-state index is 0.512. The van der Waals surface area contributed by atoms with Crippen LogP contribution in [0.2, 0.25) is 0 Å². The number of hydrogen-bond acceptors (Lipinski definition) is 1. The number of hydrogen-bond donors (Lipinski definition) is 0. The monoisotopic (exact) mass is 250 g/mol. The molecule has 0 N–H and O–H groups in total. The number of aryl methyl sites for hydroxylation is 2. The van der Waals surface area contributed by atoms with Gasteiger partial charge in [0.1, 0.15) is 0 Å². The summed E-state index contributed by atoms with van der Waals surface area (Å²) in [5, 5.41) is 4.32. The Morgan fingerprint density at radius 1 is 1.70 bits per heavy atom. The van der Waals surface area contributed by atoms with E-state index in [-0.39, 0.29) is 0 Å². The van der Waals surface area contributed by atoms with Gasteiger partial charge in [-0.3, -0.25) is 4.68 Å². The van der Waals surface area contributed by atoms with E-state index in [1.165, 1.54) is 11.4 Å². The molecule has 0 saturated carbocycles. The van der Waals surface area contributed by atoms with Gasteiger partial charge in [0, 0.05) is 12.7 Å². The topological polar surface area (TPSA) is 17.8 Å². The number of halogens is 1. The summed E-state index contributed by atoms with van der Waals surface area (Å²) in [5.41, 5.74) is 2.39. The van der Waals surface area contributed by atoms with Crippen molar-refractivity contribution in [2.45, 2.75) is 17.8 Å². The molecule has 1 aromatic heterocycles. The summed E-state index contributed by atoms with van der Waals surface area (Å²) in [6.45, 7) is 4.21. The van der Waals surface area contributed by atoms with Crippen LogP contribution in [-0.4, -0.2) is 9.78 Å². The van der Waals surface area contributed by atoms with Crippen LogP contribution >= 0.6 is 22.6 Å². The predicted octanol–water partition coefficient (Wildman–Crippen LogP) is 2.22. The molecular weight excluding hydrogens is 239 g/mol. The third kappa shape index (κ3) is 1.51. The standard InChI is InChI=1S/C7H11IN2/c1-5-4-7(6(2)8)9-10(5)3/h4,6H,1-3H3/t6-/m1/s1. The maximum Gasteiger partial charge on any atom is 0.0752 e. The first-order chi connectivity index (χ1) is 4.61. The van der Waals surface area contributed by atoms with Crippen molar-refractivity contribution in [1.82, 2.24) is 9.78 Å². The highest BCUT2D eigenvalue weighted by atomic mass is 127. The first-order valence-corrected chi connectivity index (χ1v) is 4.50. The molecule has 1 heterocycles. The van der Waals surface area contributed by atoms with E-state index in [9.17, 15) is 0 Å². The van der Waals surface area contributed by atoms with Crippen LogP contribution in [0.15, 0.2) is 6.07 Å². The van der Waals surface area contributed by atoms with Crippen LogP contribution in [0.4, 0.5) is 0 Å². The molecule has 0 aromatic carbocycles. The Hall–Kier alpha value is -0.0600. The van der Waals surface area contributed by atoms with Crippen LogP contribution in [0, 0.1) is 6.92 Å². The van der Waals surface area contributed by atoms with Gasteiger partial charge in [0.15, 0.2) is 0 Å². The van der Waals surface area contributed by atoms with Crippen molar-refractivity contribution in [2.24, 2.45) is 7.05 Å². The van der Waals surface area contributed by atoms with Crippen LogP contribution in [0.5, 0.6) is 0 Å². The fraction of sp³-hybridized carbons (Fsp3) is 0.571. The maximum absolute atomic E-state index is 4.32. The summed E-state index contributed by atoms with van der Waals surface area (Å²) in [5.74, 6) is 0. The number of aromatic nitrogens is 2. The van der Waals surface area contributed by atoms with Gasteiger partial charge in [-0.2, -0.15) is 5.10 Å². The second kappa shape index (κ2) is 2.90. The van der Waals surface area contributed by atoms with Crippen molar-refractivity contribution in [2.75, 3.05) is 0 Å². The highest BCUT2D eigenvalue weighted by Crippen LogP contribution is 2.20. The molecule has 0 saturated heterocycles. The first-order valence-electron chi connectivity index (χ1n) is 3.26. The summed E-state index contributed by atoms with van der Waals surface area (Å²) >= 11 is 2.36. The zero-order chi connectivity index (χ0) is 7.72. The summed E-state index contributed by atoms with van der Waals surface area (Å²) in [6.07, 6.45) is 0. The lowest BCUT2D eigenvalue weighted by atomic mass is 10.3. The summed E-state index contributed by atoms with van der Waals surface area (Å²) in [7, 11) is 1.97. The highest BCUT2D eigenvalue weighted by molar-refractivity contribution is 14.1. The summed E-state index contributed by atoms with van der Waals surface area (Å²) in [6, 6.07) is 2.12. The fourth-order valence-corrected chi connectivity index (χ4v) is 1.09. The zero-order valence-electron chi connectivity index (χ0n) is 6.43. The van der Waals surface area contributed by atoms with Gasteiger partial charge in [0.25, 0.3) is 0 Å². The molecular formula is C7H11IN2. The van der Waals surface area contributed by atoms with Gasteiger partial charge in [-0.05, 0) is 19.9 Å². The maximum atomic E-state index is 4.32. The molecule has 56 valence electrons. The Kier molecular flexibility index (Phi) is 2.33. The van der Waals surface area contributed by atoms with Crippen LogP contribution in [0.25, 0.3) is 0 Å². The lowest BCUT2D eigenvalue weighted by Gasteiger charge is -1.93. The molecule has 1 rings (SSSR count). The van der Waals surface area contributed by atoms with Gasteiger partial charge < -0.3 is 0 Å². The predicted molar refractivity (Wildman–Crippen MR) is 50.4 cm³/mol. The Morgan fingerprint density at radius 3 is 2.50 bits per heavy atom. The molecule has 1 atom stereocenters. The SMILES string of the molecule is Cc1cc([C@@H](C)I)nn1C. The third-order valence-corrected chi connectivity index (χ3v) is 2.18. The smallest absolute Gasteiger partial charge is 0.0752 e. The Morgan fingerprint density at radius 2 is 2.30 bits per heavy atom. The van der Waals surface area contributed by atoms with Gasteiger partial charge in [-0.25, -0.2) is 0 Å². The molecule has 0 aliphatic carbocycles. The molecule has 3 heteroatoms. The number of nitrogens with zero attached hydrogens (tertiary/aromatic N) is 2. The fourth-order valence-electron chi connectivity index (χ4n) is 0.783. The van der Waals surface area contributed by atoms with E-state index in [0.717, 1.165) is 0 Å². The minimum absolute atomic E-state index is 0.512. The zero-order valence-corrected chi connectivity index (χ0v) is 8.58. The van der Waals surface area contributed by atoms with E-state index in [2.05, 4.69) is 47.6 Å². The molecule has 1 aromatic rings. The molecule has 10 heavy (non-hydrogen) atoms. The molecule has 0 aliphatic heterocycles. The van der Waals surface area contributed by atoms with Crippen molar-refractivity contribution in [1.29, 1.82) is 0 Å². The van der Waals surface area contributed by atoms with Gasteiger partial charge in [0.2, 0.25) is 0 Å². The molecule has 2 nitrogen and oxygen atoms in total. The van der Waals surface area contributed by atoms with E-state index in [4.69, 9.17) is 0 Å². The number of alkyl halides is 1. The second-order valence-corrected chi connectivity index (χ2v) is 4.32. The van der Waals surface area contributed by atoms with Crippen LogP contribution in [0.1, 0.15) is 22.2 Å². The van der Waals surface area contributed by atoms with Crippen LogP contribution in [-0.2, 0) is 7.05 Å². The average Bonchev–Trinajstić information content (AvgIpc) is 2.13. The van der Waals surface area contributed by atoms with Gasteiger partial charge >= 0.3 is 0 Å². The Bertz CT molecular complexity index is 208. The quantitative estimate of drug-likeness (QED) is 0.552. The van der Waals surface area contributed by atoms with Crippen molar-refractivity contribution < 1.29 is 0 Å². The summed E-state index contributed by atoms with van der Waals surface area (Å²) < 4.78 is 2.42. The normalized spacial score (nSPS) is 13.6. The average molecular weight is 250 g/mol. The van der Waals surface area contributed by atoms with Crippen LogP contribution in [0.3, 0.4) is 0 Å². The van der Waals surface area contributed by atoms with Gasteiger partial charge in [-0.1, -0.05) is 22.6 Å². The van der Waals surface area contributed by atoms with E-state index < -0.39 is 0 Å². The third-order valence-electron chi connectivity index (χ3n) is 1.54. The molecule has 0 fully saturated rings. The van der Waals surface area contributed by atoms with E-state index >= 15 is 0 Å². The molecule has 0 radical (unpaired) electrons. The number of rotatable bonds is 1. The Balaban J connectivity index is 2.98. The lowest BCUT2D eigenvalue weighted by Crippen LogP contribution is -1.93. The second-order valence-electron chi connectivity index (χ2n) is 2.45. The van der Waals surface area contributed by atoms with E-state index in [1.54, 1.807) is 0 Å². The van der Waals surface area contributed by atoms with Crippen molar-refractivity contribution in [3.8, 4) is 0 Å². The largest absolute Gasteiger partial charge is 0.273 e. The molecule has 0 amide bonds. The lowest BCUT2D eigenvalue weighted by molar-refractivity contribution is 0.723. The van der Waals surface area contributed by atoms with E-state index in [0.29, 0.717) is 3.92 Å². The van der Waals surface area contributed by atoms with Crippen molar-refractivity contribution in [3.05, 3.63) is 17.5 Å². The molecule has 0 unspecified atom stereocenters. The molecule has 0 aliphatic rings.